The van der Waals surface area contributed by atoms with Gasteiger partial charge in [-0.3, -0.25) is 9.59 Å². The Morgan fingerprint density at radius 3 is 2.43 bits per heavy atom. The molecule has 1 unspecified atom stereocenters. The molecule has 1 N–H and O–H groups in total. The Balaban J connectivity index is 1.35. The maximum absolute atomic E-state index is 12.2. The number of nitrogens with one attached hydrogen (secondary N) is 1. The topological polar surface area (TPSA) is 77.2 Å². The molecule has 35 heavy (non-hydrogen) atoms. The summed E-state index contributed by atoms with van der Waals surface area (Å²) in [7, 11) is 0. The summed E-state index contributed by atoms with van der Waals surface area (Å²) in [6.45, 7) is 12.7. The lowest BCUT2D eigenvalue weighted by Crippen LogP contribution is -2.43. The SMILES string of the molecule is CC(C=C[C@@H]1C[C@]2(CO2)CC(C)(C)O1)=CCC1CCC(NC(=O)C=CC(C)OC(=O)C(C)C)CC1. The van der Waals surface area contributed by atoms with E-state index in [0.29, 0.717) is 5.92 Å². The summed E-state index contributed by atoms with van der Waals surface area (Å²) in [6.07, 6.45) is 16.8. The molecule has 1 aliphatic carbocycles. The van der Waals surface area contributed by atoms with Crippen molar-refractivity contribution in [2.75, 3.05) is 6.61 Å². The number of hydrogen-bond donors (Lipinski definition) is 1. The van der Waals surface area contributed by atoms with Gasteiger partial charge in [0.1, 0.15) is 6.10 Å². The normalized spacial score (nSPS) is 31.7. The molecule has 3 aliphatic rings. The lowest BCUT2D eigenvalue weighted by atomic mass is 9.83. The lowest BCUT2D eigenvalue weighted by Gasteiger charge is -2.38. The van der Waals surface area contributed by atoms with Crippen LogP contribution in [0.15, 0.2) is 36.0 Å². The number of carbonyl (C=O) groups excluding carboxylic acids is 2. The van der Waals surface area contributed by atoms with Gasteiger partial charge in [-0.05, 0) is 71.8 Å². The molecule has 6 nitrogen and oxygen atoms in total. The zero-order valence-electron chi connectivity index (χ0n) is 22.5. The van der Waals surface area contributed by atoms with Gasteiger partial charge in [-0.1, -0.05) is 37.6 Å². The molecule has 0 radical (unpaired) electrons. The third-order valence-electron chi connectivity index (χ3n) is 7.18. The molecule has 3 fully saturated rings. The predicted octanol–water partition coefficient (Wildman–Crippen LogP) is 5.42. The fourth-order valence-electron chi connectivity index (χ4n) is 5.19. The van der Waals surface area contributed by atoms with E-state index in [9.17, 15) is 9.59 Å². The summed E-state index contributed by atoms with van der Waals surface area (Å²) in [5.74, 6) is 0.111. The lowest BCUT2D eigenvalue weighted by molar-refractivity contribution is -0.150. The van der Waals surface area contributed by atoms with E-state index in [0.717, 1.165) is 51.6 Å². The minimum atomic E-state index is -0.408. The van der Waals surface area contributed by atoms with Gasteiger partial charge in [0.05, 0.1) is 29.8 Å². The largest absolute Gasteiger partial charge is 0.458 e. The van der Waals surface area contributed by atoms with E-state index in [2.05, 4.69) is 44.3 Å². The molecule has 2 saturated heterocycles. The van der Waals surface area contributed by atoms with Gasteiger partial charge >= 0.3 is 5.97 Å². The van der Waals surface area contributed by atoms with Crippen LogP contribution in [0, 0.1) is 11.8 Å². The number of hydrogen-bond acceptors (Lipinski definition) is 5. The molecule has 0 aromatic heterocycles. The summed E-state index contributed by atoms with van der Waals surface area (Å²) in [5.41, 5.74) is 1.19. The van der Waals surface area contributed by atoms with E-state index in [4.69, 9.17) is 14.2 Å². The molecule has 1 saturated carbocycles. The van der Waals surface area contributed by atoms with E-state index < -0.39 is 6.10 Å². The van der Waals surface area contributed by atoms with Crippen LogP contribution in [-0.2, 0) is 23.8 Å². The Hall–Kier alpha value is -1.92. The van der Waals surface area contributed by atoms with Gasteiger partial charge in [0, 0.05) is 25.0 Å². The number of esters is 1. The quantitative estimate of drug-likeness (QED) is 0.203. The standard InChI is InChI=1S/C29H45NO5/c1-20(2)27(32)34-22(4)9-16-26(31)30-24-13-11-23(12-14-24)10-7-21(3)8-15-25-17-29(19-33-29)18-28(5,6)35-25/h7-9,15-16,20,22-25H,10-14,17-19H2,1-6H3,(H,30,31)/t22?,23?,24?,25-,29-/m1/s1. The van der Waals surface area contributed by atoms with Crippen molar-refractivity contribution >= 4 is 11.9 Å². The van der Waals surface area contributed by atoms with Gasteiger partial charge in [-0.2, -0.15) is 0 Å². The molecule has 1 amide bonds. The smallest absolute Gasteiger partial charge is 0.308 e. The minimum absolute atomic E-state index is 0.0526. The molecule has 2 aliphatic heterocycles. The van der Waals surface area contributed by atoms with Crippen molar-refractivity contribution in [3.8, 4) is 0 Å². The van der Waals surface area contributed by atoms with Crippen LogP contribution in [0.5, 0.6) is 0 Å². The average Bonchev–Trinajstić information content (AvgIpc) is 3.51. The Kier molecular flexibility index (Phi) is 9.39. The number of ether oxygens (including phenoxy) is 3. The zero-order chi connectivity index (χ0) is 25.6. The molecule has 3 rings (SSSR count). The highest BCUT2D eigenvalue weighted by Crippen LogP contribution is 2.46. The second-order valence-corrected chi connectivity index (χ2v) is 11.7. The van der Waals surface area contributed by atoms with Crippen molar-refractivity contribution in [3.63, 3.8) is 0 Å². The van der Waals surface area contributed by atoms with Crippen molar-refractivity contribution in [1.29, 1.82) is 0 Å². The molecule has 6 heteroatoms. The van der Waals surface area contributed by atoms with Crippen molar-refractivity contribution in [2.24, 2.45) is 11.8 Å². The summed E-state index contributed by atoms with van der Waals surface area (Å²) >= 11 is 0. The molecule has 0 aromatic carbocycles. The first-order chi connectivity index (χ1) is 16.5. The maximum Gasteiger partial charge on any atom is 0.308 e. The first kappa shape index (κ1) is 27.7. The molecular formula is C29H45NO5. The van der Waals surface area contributed by atoms with Gasteiger partial charge in [0.25, 0.3) is 0 Å². The van der Waals surface area contributed by atoms with Crippen molar-refractivity contribution in [3.05, 3.63) is 36.0 Å². The summed E-state index contributed by atoms with van der Waals surface area (Å²) in [6, 6.07) is 0.214. The van der Waals surface area contributed by atoms with Crippen LogP contribution in [0.1, 0.15) is 86.5 Å². The van der Waals surface area contributed by atoms with E-state index >= 15 is 0 Å². The fraction of sp³-hybridized carbons (Fsp3) is 0.724. The van der Waals surface area contributed by atoms with Crippen molar-refractivity contribution in [2.45, 2.75) is 116 Å². The molecule has 1 spiro atoms. The molecular weight excluding hydrogens is 442 g/mol. The molecule has 2 heterocycles. The highest BCUT2D eigenvalue weighted by molar-refractivity contribution is 5.87. The molecule has 3 atom stereocenters. The van der Waals surface area contributed by atoms with Gasteiger partial charge < -0.3 is 19.5 Å². The first-order valence-corrected chi connectivity index (χ1v) is 13.3. The van der Waals surface area contributed by atoms with E-state index in [1.165, 1.54) is 11.6 Å². The van der Waals surface area contributed by atoms with Crippen LogP contribution in [0.2, 0.25) is 0 Å². The second-order valence-electron chi connectivity index (χ2n) is 11.7. The first-order valence-electron chi connectivity index (χ1n) is 13.3. The van der Waals surface area contributed by atoms with E-state index in [1.54, 1.807) is 26.8 Å². The molecule has 0 bridgehead atoms. The van der Waals surface area contributed by atoms with Gasteiger partial charge in [-0.15, -0.1) is 0 Å². The average molecular weight is 488 g/mol. The molecule has 196 valence electrons. The minimum Gasteiger partial charge on any atom is -0.458 e. The second kappa shape index (κ2) is 11.9. The summed E-state index contributed by atoms with van der Waals surface area (Å²) < 4.78 is 17.2. The Bertz CT molecular complexity index is 822. The Labute approximate surface area is 211 Å². The van der Waals surface area contributed by atoms with Crippen LogP contribution in [0.25, 0.3) is 0 Å². The maximum atomic E-state index is 12.2. The third-order valence-corrected chi connectivity index (χ3v) is 7.18. The van der Waals surface area contributed by atoms with Gasteiger partial charge in [0.15, 0.2) is 0 Å². The van der Waals surface area contributed by atoms with E-state index in [1.807, 2.05) is 0 Å². The number of rotatable bonds is 9. The highest BCUT2D eigenvalue weighted by atomic mass is 16.6. The number of amides is 1. The fourth-order valence-corrected chi connectivity index (χ4v) is 5.19. The summed E-state index contributed by atoms with van der Waals surface area (Å²) in [4.78, 5) is 23.9. The van der Waals surface area contributed by atoms with Crippen molar-refractivity contribution in [1.82, 2.24) is 5.32 Å². The zero-order valence-corrected chi connectivity index (χ0v) is 22.5. The van der Waals surface area contributed by atoms with Crippen LogP contribution in [-0.4, -0.2) is 47.9 Å². The molecule has 0 aromatic rings. The van der Waals surface area contributed by atoms with Crippen LogP contribution < -0.4 is 5.32 Å². The Morgan fingerprint density at radius 1 is 1.11 bits per heavy atom. The number of epoxide rings is 1. The predicted molar refractivity (Wildman–Crippen MR) is 138 cm³/mol. The summed E-state index contributed by atoms with van der Waals surface area (Å²) in [5, 5.41) is 3.09. The third kappa shape index (κ3) is 9.23. The van der Waals surface area contributed by atoms with Gasteiger partial charge in [-0.25, -0.2) is 0 Å². The number of allylic oxidation sites excluding steroid dienone is 3. The van der Waals surface area contributed by atoms with E-state index in [-0.39, 0.29) is 41.1 Å². The van der Waals surface area contributed by atoms with Crippen molar-refractivity contribution < 1.29 is 23.8 Å². The monoisotopic (exact) mass is 487 g/mol. The van der Waals surface area contributed by atoms with Crippen LogP contribution >= 0.6 is 0 Å². The highest BCUT2D eigenvalue weighted by Gasteiger charge is 2.53. The van der Waals surface area contributed by atoms with Crippen LogP contribution in [0.3, 0.4) is 0 Å². The van der Waals surface area contributed by atoms with Crippen LogP contribution in [0.4, 0.5) is 0 Å². The Morgan fingerprint density at radius 2 is 1.80 bits per heavy atom. The number of carbonyl (C=O) groups is 2. The van der Waals surface area contributed by atoms with Gasteiger partial charge in [0.2, 0.25) is 5.91 Å².